The van der Waals surface area contributed by atoms with E-state index >= 15 is 0 Å². The second kappa shape index (κ2) is 8.98. The monoisotopic (exact) mass is 364 g/mol. The minimum atomic E-state index is -0.0149. The topological polar surface area (TPSA) is 60.2 Å². The van der Waals surface area contributed by atoms with Crippen LogP contribution in [0.3, 0.4) is 0 Å². The van der Waals surface area contributed by atoms with Crippen molar-refractivity contribution < 1.29 is 9.53 Å². The van der Waals surface area contributed by atoms with Gasteiger partial charge in [0.25, 0.3) is 5.91 Å². The van der Waals surface area contributed by atoms with Crippen LogP contribution in [0.4, 0.5) is 0 Å². The number of benzene rings is 2. The van der Waals surface area contributed by atoms with Crippen LogP contribution in [0, 0.1) is 0 Å². The van der Waals surface area contributed by atoms with E-state index in [0.29, 0.717) is 18.7 Å². The third kappa shape index (κ3) is 4.73. The van der Waals surface area contributed by atoms with Gasteiger partial charge in [-0.2, -0.15) is 0 Å². The molecule has 0 fully saturated rings. The fourth-order valence-corrected chi connectivity index (χ4v) is 2.88. The van der Waals surface area contributed by atoms with E-state index in [1.807, 2.05) is 49.5 Å². The van der Waals surface area contributed by atoms with E-state index in [4.69, 9.17) is 4.74 Å². The number of rotatable bonds is 8. The molecule has 0 unspecified atom stereocenters. The number of para-hydroxylation sites is 1. The van der Waals surface area contributed by atoms with E-state index < -0.39 is 0 Å². The quantitative estimate of drug-likeness (QED) is 0.575. The lowest BCUT2D eigenvalue weighted by Gasteiger charge is -2.18. The molecule has 140 valence electrons. The number of amides is 1. The van der Waals surface area contributed by atoms with Gasteiger partial charge in [-0.3, -0.25) is 9.36 Å². The van der Waals surface area contributed by atoms with Crippen molar-refractivity contribution in [2.75, 3.05) is 20.2 Å². The third-order valence-corrected chi connectivity index (χ3v) is 4.41. The highest BCUT2D eigenvalue weighted by atomic mass is 16.5. The average molecular weight is 364 g/mol. The van der Waals surface area contributed by atoms with Gasteiger partial charge in [0.15, 0.2) is 0 Å². The number of ether oxygens (including phenoxy) is 1. The predicted molar refractivity (Wildman–Crippen MR) is 104 cm³/mol. The molecule has 1 amide bonds. The zero-order valence-corrected chi connectivity index (χ0v) is 15.7. The Morgan fingerprint density at radius 2 is 1.89 bits per heavy atom. The van der Waals surface area contributed by atoms with Crippen molar-refractivity contribution in [2.24, 2.45) is 0 Å². The van der Waals surface area contributed by atoms with Crippen molar-refractivity contribution in [3.8, 4) is 11.4 Å². The molecule has 6 nitrogen and oxygen atoms in total. The number of carbonyl (C=O) groups excluding carboxylic acids is 1. The van der Waals surface area contributed by atoms with Crippen LogP contribution in [0.1, 0.15) is 29.3 Å². The van der Waals surface area contributed by atoms with E-state index in [1.165, 1.54) is 5.56 Å². The molecule has 27 heavy (non-hydrogen) atoms. The first-order valence-electron chi connectivity index (χ1n) is 9.10. The van der Waals surface area contributed by atoms with Gasteiger partial charge in [-0.25, -0.2) is 0 Å². The fourth-order valence-electron chi connectivity index (χ4n) is 2.88. The molecule has 0 aliphatic heterocycles. The van der Waals surface area contributed by atoms with Gasteiger partial charge in [0.2, 0.25) is 0 Å². The minimum Gasteiger partial charge on any atom is -0.493 e. The molecule has 6 heteroatoms. The van der Waals surface area contributed by atoms with Crippen molar-refractivity contribution in [1.82, 2.24) is 19.7 Å². The number of nitrogens with zero attached hydrogens (tertiary/aromatic N) is 4. The van der Waals surface area contributed by atoms with Gasteiger partial charge in [0.1, 0.15) is 18.4 Å². The van der Waals surface area contributed by atoms with E-state index in [9.17, 15) is 4.79 Å². The minimum absolute atomic E-state index is 0.0149. The summed E-state index contributed by atoms with van der Waals surface area (Å²) < 4.78 is 7.65. The SMILES string of the molecule is CCc1ccccc1OCCCN(C)C(=O)c1cccc(-n2cnnc2)c1. The number of aromatic nitrogens is 3. The number of hydrogen-bond donors (Lipinski definition) is 0. The van der Waals surface area contributed by atoms with Crippen molar-refractivity contribution in [3.63, 3.8) is 0 Å². The molecule has 0 spiro atoms. The van der Waals surface area contributed by atoms with Crippen LogP contribution >= 0.6 is 0 Å². The zero-order valence-electron chi connectivity index (χ0n) is 15.7. The van der Waals surface area contributed by atoms with E-state index in [2.05, 4.69) is 23.2 Å². The summed E-state index contributed by atoms with van der Waals surface area (Å²) in [6, 6.07) is 15.5. The van der Waals surface area contributed by atoms with Crippen molar-refractivity contribution >= 4 is 5.91 Å². The smallest absolute Gasteiger partial charge is 0.253 e. The molecule has 3 aromatic rings. The molecule has 3 rings (SSSR count). The van der Waals surface area contributed by atoms with Crippen molar-refractivity contribution in [2.45, 2.75) is 19.8 Å². The highest BCUT2D eigenvalue weighted by Gasteiger charge is 2.12. The van der Waals surface area contributed by atoms with Gasteiger partial charge >= 0.3 is 0 Å². The number of carbonyl (C=O) groups is 1. The Morgan fingerprint density at radius 3 is 2.67 bits per heavy atom. The Hall–Kier alpha value is -3.15. The molecule has 0 atom stereocenters. The molecular weight excluding hydrogens is 340 g/mol. The molecule has 0 radical (unpaired) electrons. The van der Waals surface area contributed by atoms with Crippen molar-refractivity contribution in [3.05, 3.63) is 72.3 Å². The molecule has 0 N–H and O–H groups in total. The summed E-state index contributed by atoms with van der Waals surface area (Å²) in [5.41, 5.74) is 2.70. The number of aryl methyl sites for hydroxylation is 1. The largest absolute Gasteiger partial charge is 0.493 e. The van der Waals surface area contributed by atoms with Gasteiger partial charge in [0.05, 0.1) is 6.61 Å². The Balaban J connectivity index is 1.53. The van der Waals surface area contributed by atoms with E-state index in [0.717, 1.165) is 24.3 Å². The summed E-state index contributed by atoms with van der Waals surface area (Å²) >= 11 is 0. The highest BCUT2D eigenvalue weighted by Crippen LogP contribution is 2.18. The Labute approximate surface area is 159 Å². The van der Waals surface area contributed by atoms with Gasteiger partial charge in [-0.15, -0.1) is 10.2 Å². The standard InChI is InChI=1S/C21H24N4O2/c1-3-17-8-4-5-11-20(17)27-13-7-12-24(2)21(26)18-9-6-10-19(14-18)25-15-22-23-16-25/h4-6,8-11,14-16H,3,7,12-13H2,1-2H3. The highest BCUT2D eigenvalue weighted by molar-refractivity contribution is 5.94. The normalized spacial score (nSPS) is 10.6. The maximum Gasteiger partial charge on any atom is 0.253 e. The van der Waals surface area contributed by atoms with Crippen LogP contribution in [0.25, 0.3) is 5.69 Å². The lowest BCUT2D eigenvalue weighted by atomic mass is 10.1. The molecule has 0 aliphatic rings. The molecule has 0 aliphatic carbocycles. The predicted octanol–water partition coefficient (Wildman–Crippen LogP) is 3.37. The van der Waals surface area contributed by atoms with Crippen LogP contribution < -0.4 is 4.74 Å². The molecular formula is C21H24N4O2. The molecule has 0 bridgehead atoms. The van der Waals surface area contributed by atoms with Crippen molar-refractivity contribution in [1.29, 1.82) is 0 Å². The van der Waals surface area contributed by atoms with Crippen LogP contribution in [0.5, 0.6) is 5.75 Å². The Kier molecular flexibility index (Phi) is 6.20. The van der Waals surface area contributed by atoms with Gasteiger partial charge in [0, 0.05) is 24.8 Å². The van der Waals surface area contributed by atoms with Gasteiger partial charge in [-0.1, -0.05) is 31.2 Å². The molecule has 1 aromatic heterocycles. The molecule has 0 saturated carbocycles. The lowest BCUT2D eigenvalue weighted by Crippen LogP contribution is -2.28. The molecule has 2 aromatic carbocycles. The maximum atomic E-state index is 12.7. The van der Waals surface area contributed by atoms with Gasteiger partial charge in [-0.05, 0) is 42.7 Å². The molecule has 1 heterocycles. The van der Waals surface area contributed by atoms with Crippen LogP contribution in [-0.4, -0.2) is 45.8 Å². The first kappa shape index (κ1) is 18.6. The summed E-state index contributed by atoms with van der Waals surface area (Å²) in [5, 5.41) is 7.60. The summed E-state index contributed by atoms with van der Waals surface area (Å²) in [4.78, 5) is 14.4. The molecule has 0 saturated heterocycles. The van der Waals surface area contributed by atoms with E-state index in [-0.39, 0.29) is 5.91 Å². The first-order valence-corrected chi connectivity index (χ1v) is 9.10. The van der Waals surface area contributed by atoms with Crippen LogP contribution in [-0.2, 0) is 6.42 Å². The summed E-state index contributed by atoms with van der Waals surface area (Å²) in [5.74, 6) is 0.912. The Morgan fingerprint density at radius 1 is 1.11 bits per heavy atom. The second-order valence-corrected chi connectivity index (χ2v) is 6.31. The van der Waals surface area contributed by atoms with Crippen LogP contribution in [0.15, 0.2) is 61.2 Å². The van der Waals surface area contributed by atoms with E-state index in [1.54, 1.807) is 22.1 Å². The third-order valence-electron chi connectivity index (χ3n) is 4.41. The zero-order chi connectivity index (χ0) is 19.1. The maximum absolute atomic E-state index is 12.7. The second-order valence-electron chi connectivity index (χ2n) is 6.31. The summed E-state index contributed by atoms with van der Waals surface area (Å²) in [6.07, 6.45) is 4.93. The lowest BCUT2D eigenvalue weighted by molar-refractivity contribution is 0.0787. The average Bonchev–Trinajstić information content (AvgIpc) is 3.26. The summed E-state index contributed by atoms with van der Waals surface area (Å²) in [7, 11) is 1.81. The first-order chi connectivity index (χ1) is 13.2. The fraction of sp³-hybridized carbons (Fsp3) is 0.286. The number of hydrogen-bond acceptors (Lipinski definition) is 4. The van der Waals surface area contributed by atoms with Gasteiger partial charge < -0.3 is 9.64 Å². The summed E-state index contributed by atoms with van der Waals surface area (Å²) in [6.45, 7) is 3.32. The Bertz CT molecular complexity index is 877. The van der Waals surface area contributed by atoms with Crippen LogP contribution in [0.2, 0.25) is 0 Å².